The van der Waals surface area contributed by atoms with Crippen LogP contribution in [0.2, 0.25) is 0 Å². The molecule has 2 aromatic rings. The summed E-state index contributed by atoms with van der Waals surface area (Å²) in [5, 5.41) is 0. The van der Waals surface area contributed by atoms with E-state index in [1.54, 1.807) is 4.90 Å². The molecule has 0 aliphatic heterocycles. The summed E-state index contributed by atoms with van der Waals surface area (Å²) >= 11 is 0. The number of nitrogen functional groups attached to an aromatic ring is 1. The fourth-order valence-corrected chi connectivity index (χ4v) is 2.03. The second-order valence-corrected chi connectivity index (χ2v) is 5.12. The minimum Gasteiger partial charge on any atom is -0.397 e. The van der Waals surface area contributed by atoms with E-state index in [9.17, 15) is 4.79 Å². The highest BCUT2D eigenvalue weighted by molar-refractivity contribution is 6.07. The van der Waals surface area contributed by atoms with Crippen molar-refractivity contribution in [3.63, 3.8) is 0 Å². The minimum atomic E-state index is -0.0500. The Labute approximate surface area is 125 Å². The Hall–Kier alpha value is -2.55. The Morgan fingerprint density at radius 3 is 2.29 bits per heavy atom. The summed E-state index contributed by atoms with van der Waals surface area (Å²) in [5.74, 6) is -0.0500. The molecule has 0 fully saturated rings. The molecule has 3 nitrogen and oxygen atoms in total. The molecular formula is C18H20N2O. The van der Waals surface area contributed by atoms with Crippen molar-refractivity contribution in [1.29, 1.82) is 0 Å². The monoisotopic (exact) mass is 280 g/mol. The van der Waals surface area contributed by atoms with Crippen molar-refractivity contribution in [2.24, 2.45) is 0 Å². The summed E-state index contributed by atoms with van der Waals surface area (Å²) in [6.45, 7) is 4.53. The highest BCUT2D eigenvalue weighted by Gasteiger charge is 2.18. The number of carbonyl (C=O) groups excluding carboxylic acids is 1. The lowest BCUT2D eigenvalue weighted by Crippen LogP contribution is -2.31. The molecule has 0 saturated carbocycles. The van der Waals surface area contributed by atoms with Gasteiger partial charge in [-0.2, -0.15) is 0 Å². The molecular weight excluding hydrogens is 260 g/mol. The van der Waals surface area contributed by atoms with E-state index >= 15 is 0 Å². The summed E-state index contributed by atoms with van der Waals surface area (Å²) in [6, 6.07) is 16.7. The lowest BCUT2D eigenvalue weighted by Gasteiger charge is -2.23. The molecule has 2 N–H and O–H groups in total. The van der Waals surface area contributed by atoms with Gasteiger partial charge in [0.05, 0.1) is 11.4 Å². The number of nitrogens with two attached hydrogens (primary N) is 1. The van der Waals surface area contributed by atoms with E-state index in [1.165, 1.54) is 0 Å². The van der Waals surface area contributed by atoms with Crippen LogP contribution in [0.25, 0.3) is 0 Å². The maximum atomic E-state index is 12.8. The van der Waals surface area contributed by atoms with Gasteiger partial charge in [-0.3, -0.25) is 4.79 Å². The van der Waals surface area contributed by atoms with Gasteiger partial charge in [-0.1, -0.05) is 42.0 Å². The molecule has 0 saturated heterocycles. The zero-order chi connectivity index (χ0) is 15.2. The van der Waals surface area contributed by atoms with Gasteiger partial charge in [0.1, 0.15) is 0 Å². The first-order valence-corrected chi connectivity index (χ1v) is 6.94. The number of hydrogen-bond acceptors (Lipinski definition) is 2. The summed E-state index contributed by atoms with van der Waals surface area (Å²) < 4.78 is 0. The highest BCUT2D eigenvalue weighted by Crippen LogP contribution is 2.24. The number of para-hydroxylation sites is 2. The molecule has 0 atom stereocenters. The number of allylic oxidation sites excluding steroid dienone is 1. The molecule has 0 bridgehead atoms. The Balaban J connectivity index is 2.39. The van der Waals surface area contributed by atoms with Crippen LogP contribution in [-0.2, 0) is 0 Å². The van der Waals surface area contributed by atoms with Gasteiger partial charge in [0.25, 0.3) is 5.91 Å². The molecule has 0 aliphatic rings. The standard InChI is InChI=1S/C18H20N2O/c1-14(2)12-13-20(17-11-7-6-10-16(17)19)18(21)15-8-4-3-5-9-15/h3-12H,13,19H2,1-2H3. The third-order valence-electron chi connectivity index (χ3n) is 3.18. The van der Waals surface area contributed by atoms with Crippen molar-refractivity contribution in [3.05, 3.63) is 71.8 Å². The van der Waals surface area contributed by atoms with Crippen molar-refractivity contribution >= 4 is 17.3 Å². The third kappa shape index (κ3) is 3.72. The van der Waals surface area contributed by atoms with Crippen LogP contribution in [0.15, 0.2) is 66.2 Å². The molecule has 2 aromatic carbocycles. The molecule has 0 radical (unpaired) electrons. The number of carbonyl (C=O) groups is 1. The molecule has 108 valence electrons. The highest BCUT2D eigenvalue weighted by atomic mass is 16.2. The quantitative estimate of drug-likeness (QED) is 0.682. The van der Waals surface area contributed by atoms with Gasteiger partial charge in [-0.05, 0) is 38.1 Å². The van der Waals surface area contributed by atoms with Gasteiger partial charge in [0.2, 0.25) is 0 Å². The lowest BCUT2D eigenvalue weighted by atomic mass is 10.1. The first kappa shape index (κ1) is 14.9. The number of rotatable bonds is 4. The second kappa shape index (κ2) is 6.75. The number of anilines is 2. The summed E-state index contributed by atoms with van der Waals surface area (Å²) in [6.07, 6.45) is 2.02. The molecule has 0 aromatic heterocycles. The van der Waals surface area contributed by atoms with Crippen molar-refractivity contribution < 1.29 is 4.79 Å². The molecule has 0 spiro atoms. The zero-order valence-electron chi connectivity index (χ0n) is 12.4. The van der Waals surface area contributed by atoms with Gasteiger partial charge in [-0.25, -0.2) is 0 Å². The third-order valence-corrected chi connectivity index (χ3v) is 3.18. The molecule has 1 amide bonds. The van der Waals surface area contributed by atoms with E-state index in [1.807, 2.05) is 74.5 Å². The van der Waals surface area contributed by atoms with Gasteiger partial charge < -0.3 is 10.6 Å². The van der Waals surface area contributed by atoms with Gasteiger partial charge >= 0.3 is 0 Å². The van der Waals surface area contributed by atoms with Crippen molar-refractivity contribution in [2.75, 3.05) is 17.2 Å². The Bertz CT molecular complexity index is 643. The first-order chi connectivity index (χ1) is 10.1. The van der Waals surface area contributed by atoms with Crippen LogP contribution in [0.1, 0.15) is 24.2 Å². The van der Waals surface area contributed by atoms with E-state index in [4.69, 9.17) is 5.73 Å². The second-order valence-electron chi connectivity index (χ2n) is 5.12. The summed E-state index contributed by atoms with van der Waals surface area (Å²) in [7, 11) is 0. The molecule has 2 rings (SSSR count). The predicted molar refractivity (Wildman–Crippen MR) is 88.4 cm³/mol. The van der Waals surface area contributed by atoms with Crippen LogP contribution in [0.4, 0.5) is 11.4 Å². The van der Waals surface area contributed by atoms with Crippen molar-refractivity contribution in [2.45, 2.75) is 13.8 Å². The van der Waals surface area contributed by atoms with Gasteiger partial charge in [0.15, 0.2) is 0 Å². The maximum absolute atomic E-state index is 12.8. The molecule has 3 heteroatoms. The molecule has 21 heavy (non-hydrogen) atoms. The lowest BCUT2D eigenvalue weighted by molar-refractivity contribution is 0.0990. The first-order valence-electron chi connectivity index (χ1n) is 6.94. The predicted octanol–water partition coefficient (Wildman–Crippen LogP) is 3.88. The van der Waals surface area contributed by atoms with E-state index in [0.29, 0.717) is 17.8 Å². The fraction of sp³-hybridized carbons (Fsp3) is 0.167. The van der Waals surface area contributed by atoms with E-state index < -0.39 is 0 Å². The van der Waals surface area contributed by atoms with E-state index in [0.717, 1.165) is 11.3 Å². The fourth-order valence-electron chi connectivity index (χ4n) is 2.03. The summed E-state index contributed by atoms with van der Waals surface area (Å²) in [5.41, 5.74) is 9.19. The number of nitrogens with zero attached hydrogens (tertiary/aromatic N) is 1. The number of amides is 1. The Morgan fingerprint density at radius 1 is 1.05 bits per heavy atom. The normalized spacial score (nSPS) is 10.0. The smallest absolute Gasteiger partial charge is 0.258 e. The van der Waals surface area contributed by atoms with Gasteiger partial charge in [-0.15, -0.1) is 0 Å². The van der Waals surface area contributed by atoms with Crippen LogP contribution in [0.5, 0.6) is 0 Å². The maximum Gasteiger partial charge on any atom is 0.258 e. The van der Waals surface area contributed by atoms with Crippen LogP contribution in [0, 0.1) is 0 Å². The Kier molecular flexibility index (Phi) is 4.77. The number of hydrogen-bond donors (Lipinski definition) is 1. The van der Waals surface area contributed by atoms with Crippen LogP contribution >= 0.6 is 0 Å². The van der Waals surface area contributed by atoms with Crippen LogP contribution in [-0.4, -0.2) is 12.5 Å². The summed E-state index contributed by atoms with van der Waals surface area (Å²) in [4.78, 5) is 14.5. The average molecular weight is 280 g/mol. The minimum absolute atomic E-state index is 0.0500. The molecule has 0 heterocycles. The van der Waals surface area contributed by atoms with Crippen LogP contribution in [0.3, 0.4) is 0 Å². The molecule has 0 unspecified atom stereocenters. The number of benzene rings is 2. The Morgan fingerprint density at radius 2 is 1.67 bits per heavy atom. The van der Waals surface area contributed by atoms with Crippen LogP contribution < -0.4 is 10.6 Å². The zero-order valence-corrected chi connectivity index (χ0v) is 12.4. The molecule has 0 aliphatic carbocycles. The largest absolute Gasteiger partial charge is 0.397 e. The van der Waals surface area contributed by atoms with Crippen molar-refractivity contribution in [3.8, 4) is 0 Å². The van der Waals surface area contributed by atoms with E-state index in [-0.39, 0.29) is 5.91 Å². The topological polar surface area (TPSA) is 46.3 Å². The average Bonchev–Trinajstić information content (AvgIpc) is 2.49. The van der Waals surface area contributed by atoms with Gasteiger partial charge in [0, 0.05) is 12.1 Å². The SMILES string of the molecule is CC(C)=CCN(C(=O)c1ccccc1)c1ccccc1N. The van der Waals surface area contributed by atoms with E-state index in [2.05, 4.69) is 0 Å². The van der Waals surface area contributed by atoms with Crippen molar-refractivity contribution in [1.82, 2.24) is 0 Å².